The SMILES string of the molecule is Clc1ccc(N(c2ccc(-c3ccccc3)cc2)c2ccc(-n3nc4ccccc4n3)cc2)cc1. The van der Waals surface area contributed by atoms with Crippen LogP contribution in [0.3, 0.4) is 0 Å². The molecule has 0 aliphatic carbocycles. The van der Waals surface area contributed by atoms with Crippen molar-refractivity contribution < 1.29 is 0 Å². The van der Waals surface area contributed by atoms with Gasteiger partial charge in [0, 0.05) is 22.1 Å². The zero-order valence-electron chi connectivity index (χ0n) is 18.8. The van der Waals surface area contributed by atoms with Crippen LogP contribution in [0.25, 0.3) is 27.8 Å². The Bertz CT molecular complexity index is 1540. The van der Waals surface area contributed by atoms with Gasteiger partial charge in [0.15, 0.2) is 0 Å². The van der Waals surface area contributed by atoms with Gasteiger partial charge < -0.3 is 4.90 Å². The molecule has 6 aromatic rings. The molecule has 1 aromatic heterocycles. The Balaban J connectivity index is 1.38. The number of anilines is 3. The molecule has 0 radical (unpaired) electrons. The van der Waals surface area contributed by atoms with Gasteiger partial charge >= 0.3 is 0 Å². The van der Waals surface area contributed by atoms with Crippen LogP contribution in [0.4, 0.5) is 17.1 Å². The lowest BCUT2D eigenvalue weighted by atomic mass is 10.0. The van der Waals surface area contributed by atoms with Crippen molar-refractivity contribution in [2.24, 2.45) is 0 Å². The quantitative estimate of drug-likeness (QED) is 0.253. The molecule has 5 heteroatoms. The first-order valence-corrected chi connectivity index (χ1v) is 11.8. The monoisotopic (exact) mass is 472 g/mol. The maximum atomic E-state index is 6.18. The highest BCUT2D eigenvalue weighted by atomic mass is 35.5. The third-order valence-corrected chi connectivity index (χ3v) is 6.19. The number of fused-ring (bicyclic) bond motifs is 1. The van der Waals surface area contributed by atoms with E-state index in [0.29, 0.717) is 5.02 Å². The van der Waals surface area contributed by atoms with Crippen LogP contribution in [0.5, 0.6) is 0 Å². The van der Waals surface area contributed by atoms with Crippen molar-refractivity contribution in [3.05, 3.63) is 132 Å². The summed E-state index contributed by atoms with van der Waals surface area (Å²) in [5.41, 5.74) is 8.13. The molecule has 0 amide bonds. The van der Waals surface area contributed by atoms with Crippen LogP contribution in [0, 0.1) is 0 Å². The Morgan fingerprint density at radius 1 is 0.486 bits per heavy atom. The summed E-state index contributed by atoms with van der Waals surface area (Å²) in [4.78, 5) is 3.89. The highest BCUT2D eigenvalue weighted by molar-refractivity contribution is 6.30. The first kappa shape index (κ1) is 21.1. The molecule has 0 saturated heterocycles. The van der Waals surface area contributed by atoms with Crippen molar-refractivity contribution >= 4 is 39.7 Å². The van der Waals surface area contributed by atoms with E-state index >= 15 is 0 Å². The zero-order valence-corrected chi connectivity index (χ0v) is 19.5. The number of hydrogen-bond donors (Lipinski definition) is 0. The van der Waals surface area contributed by atoms with Gasteiger partial charge in [-0.1, -0.05) is 66.2 Å². The van der Waals surface area contributed by atoms with Gasteiger partial charge in [-0.2, -0.15) is 4.80 Å². The van der Waals surface area contributed by atoms with Crippen molar-refractivity contribution in [3.8, 4) is 16.8 Å². The topological polar surface area (TPSA) is 34.0 Å². The molecule has 0 N–H and O–H groups in total. The summed E-state index contributed by atoms with van der Waals surface area (Å²) in [7, 11) is 0. The molecular formula is C30H21ClN4. The second kappa shape index (κ2) is 9.09. The molecule has 168 valence electrons. The fourth-order valence-electron chi connectivity index (χ4n) is 4.18. The molecule has 35 heavy (non-hydrogen) atoms. The molecule has 0 atom stereocenters. The van der Waals surface area contributed by atoms with Gasteiger partial charge in [0.25, 0.3) is 0 Å². The average molecular weight is 473 g/mol. The van der Waals surface area contributed by atoms with E-state index in [4.69, 9.17) is 11.6 Å². The van der Waals surface area contributed by atoms with Crippen LogP contribution in [0.1, 0.15) is 0 Å². The maximum absolute atomic E-state index is 6.18. The van der Waals surface area contributed by atoms with Crippen LogP contribution in [-0.4, -0.2) is 15.0 Å². The number of nitrogens with zero attached hydrogens (tertiary/aromatic N) is 4. The van der Waals surface area contributed by atoms with Gasteiger partial charge in [0.05, 0.1) is 5.69 Å². The van der Waals surface area contributed by atoms with Crippen LogP contribution < -0.4 is 4.90 Å². The summed E-state index contributed by atoms with van der Waals surface area (Å²) in [5.74, 6) is 0. The molecule has 0 saturated carbocycles. The van der Waals surface area contributed by atoms with E-state index in [9.17, 15) is 0 Å². The lowest BCUT2D eigenvalue weighted by Gasteiger charge is -2.26. The fraction of sp³-hybridized carbons (Fsp3) is 0. The highest BCUT2D eigenvalue weighted by Crippen LogP contribution is 2.36. The Kier molecular flexibility index (Phi) is 5.49. The van der Waals surface area contributed by atoms with E-state index in [1.165, 1.54) is 11.1 Å². The summed E-state index contributed by atoms with van der Waals surface area (Å²) in [6.45, 7) is 0. The average Bonchev–Trinajstić information content (AvgIpc) is 3.36. The predicted octanol–water partition coefficient (Wildman–Crippen LogP) is 8.21. The number of aromatic nitrogens is 3. The number of halogens is 1. The van der Waals surface area contributed by atoms with Crippen LogP contribution in [0.2, 0.25) is 5.02 Å². The van der Waals surface area contributed by atoms with E-state index in [0.717, 1.165) is 33.8 Å². The van der Waals surface area contributed by atoms with E-state index < -0.39 is 0 Å². The standard InChI is InChI=1S/C30H21ClN4/c31-24-12-16-26(17-13-24)34(25-14-10-23(11-15-25)22-6-2-1-3-7-22)27-18-20-28(21-19-27)35-32-29-8-4-5-9-30(29)33-35/h1-21H. The zero-order chi connectivity index (χ0) is 23.6. The minimum Gasteiger partial charge on any atom is -0.311 e. The first-order chi connectivity index (χ1) is 17.2. The summed E-state index contributed by atoms with van der Waals surface area (Å²) in [6, 6.07) is 43.0. The van der Waals surface area contributed by atoms with E-state index in [2.05, 4.69) is 75.8 Å². The summed E-state index contributed by atoms with van der Waals surface area (Å²) in [6.07, 6.45) is 0. The second-order valence-electron chi connectivity index (χ2n) is 8.22. The summed E-state index contributed by atoms with van der Waals surface area (Å²) in [5, 5.41) is 9.91. The molecule has 0 spiro atoms. The van der Waals surface area contributed by atoms with E-state index in [1.807, 2.05) is 66.7 Å². The maximum Gasteiger partial charge on any atom is 0.113 e. The Hall–Kier alpha value is -4.41. The van der Waals surface area contributed by atoms with Crippen LogP contribution in [0.15, 0.2) is 127 Å². The fourth-order valence-corrected chi connectivity index (χ4v) is 4.31. The number of benzene rings is 5. The predicted molar refractivity (Wildman–Crippen MR) is 144 cm³/mol. The van der Waals surface area contributed by atoms with Crippen LogP contribution >= 0.6 is 11.6 Å². The largest absolute Gasteiger partial charge is 0.311 e. The second-order valence-corrected chi connectivity index (χ2v) is 8.66. The van der Waals surface area contributed by atoms with E-state index in [1.54, 1.807) is 4.80 Å². The van der Waals surface area contributed by atoms with Crippen LogP contribution in [-0.2, 0) is 0 Å². The molecule has 4 nitrogen and oxygen atoms in total. The number of rotatable bonds is 5. The summed E-state index contributed by atoms with van der Waals surface area (Å²) < 4.78 is 0. The smallest absolute Gasteiger partial charge is 0.113 e. The molecule has 6 rings (SSSR count). The van der Waals surface area contributed by atoms with Gasteiger partial charge in [-0.25, -0.2) is 0 Å². The van der Waals surface area contributed by atoms with Crippen molar-refractivity contribution in [2.75, 3.05) is 4.90 Å². The van der Waals surface area contributed by atoms with Gasteiger partial charge in [-0.05, 0) is 83.9 Å². The Labute approximate surface area is 208 Å². The first-order valence-electron chi connectivity index (χ1n) is 11.4. The normalized spacial score (nSPS) is 11.0. The third-order valence-electron chi connectivity index (χ3n) is 5.94. The molecular weight excluding hydrogens is 452 g/mol. The molecule has 0 aliphatic rings. The lowest BCUT2D eigenvalue weighted by molar-refractivity contribution is 0.766. The van der Waals surface area contributed by atoms with E-state index in [-0.39, 0.29) is 0 Å². The number of hydrogen-bond acceptors (Lipinski definition) is 3. The van der Waals surface area contributed by atoms with Crippen molar-refractivity contribution in [1.29, 1.82) is 0 Å². The van der Waals surface area contributed by atoms with Gasteiger partial charge in [-0.3, -0.25) is 0 Å². The molecule has 1 heterocycles. The minimum absolute atomic E-state index is 0.709. The molecule has 0 aliphatic heterocycles. The molecule has 0 fully saturated rings. The van der Waals surface area contributed by atoms with Gasteiger partial charge in [0.1, 0.15) is 11.0 Å². The summed E-state index contributed by atoms with van der Waals surface area (Å²) >= 11 is 6.18. The van der Waals surface area contributed by atoms with Crippen molar-refractivity contribution in [1.82, 2.24) is 15.0 Å². The molecule has 0 bridgehead atoms. The minimum atomic E-state index is 0.709. The van der Waals surface area contributed by atoms with Gasteiger partial charge in [-0.15, -0.1) is 10.2 Å². The highest BCUT2D eigenvalue weighted by Gasteiger charge is 2.14. The van der Waals surface area contributed by atoms with Crippen molar-refractivity contribution in [3.63, 3.8) is 0 Å². The molecule has 5 aromatic carbocycles. The Morgan fingerprint density at radius 3 is 1.51 bits per heavy atom. The van der Waals surface area contributed by atoms with Crippen molar-refractivity contribution in [2.45, 2.75) is 0 Å². The Morgan fingerprint density at radius 2 is 0.943 bits per heavy atom. The lowest BCUT2D eigenvalue weighted by Crippen LogP contribution is -2.10. The van der Waals surface area contributed by atoms with Gasteiger partial charge in [0.2, 0.25) is 0 Å². The third kappa shape index (κ3) is 4.27. The molecule has 0 unspecified atom stereocenters.